The molecule has 3 aliphatic rings. The molecule has 1 spiro atoms. The van der Waals surface area contributed by atoms with Gasteiger partial charge in [0.15, 0.2) is 17.5 Å². The van der Waals surface area contributed by atoms with E-state index < -0.39 is 10.8 Å². The number of hydrogen-bond donors (Lipinski definition) is 0. The lowest BCUT2D eigenvalue weighted by molar-refractivity contribution is 0.588. The second kappa shape index (κ2) is 13.1. The predicted octanol–water partition coefficient (Wildman–Crippen LogP) is 14.5. The Labute approximate surface area is 363 Å². The third-order valence-corrected chi connectivity index (χ3v) is 13.9. The van der Waals surface area contributed by atoms with Gasteiger partial charge in [0.05, 0.1) is 5.41 Å². The van der Waals surface area contributed by atoms with E-state index in [0.717, 1.165) is 33.4 Å². The van der Waals surface area contributed by atoms with Gasteiger partial charge in [-0.1, -0.05) is 204 Å². The van der Waals surface area contributed by atoms with Crippen LogP contribution in [0.2, 0.25) is 0 Å². The van der Waals surface area contributed by atoms with Gasteiger partial charge < -0.3 is 0 Å². The molecule has 6 bridgehead atoms. The second-order valence-corrected chi connectivity index (χ2v) is 18.8. The van der Waals surface area contributed by atoms with Crippen LogP contribution in [0.1, 0.15) is 73.6 Å². The Balaban J connectivity index is 1.23. The average Bonchev–Trinajstić information content (AvgIpc) is 3.77. The molecule has 2 heterocycles. The van der Waals surface area contributed by atoms with Gasteiger partial charge in [-0.15, -0.1) is 0 Å². The molecule has 9 aromatic rings. The highest BCUT2D eigenvalue weighted by Crippen LogP contribution is 2.64. The smallest absolute Gasteiger partial charge is 0.164 e. The maximum Gasteiger partial charge on any atom is 0.164 e. The van der Waals surface area contributed by atoms with E-state index in [4.69, 9.17) is 15.0 Å². The summed E-state index contributed by atoms with van der Waals surface area (Å²) in [5, 5.41) is 0. The Kier molecular flexibility index (Phi) is 7.76. The Morgan fingerprint density at radius 3 is 1.61 bits per heavy atom. The minimum Gasteiger partial charge on any atom is -0.208 e. The summed E-state index contributed by atoms with van der Waals surface area (Å²) in [6, 6.07) is 67.1. The van der Waals surface area contributed by atoms with Crippen molar-refractivity contribution < 1.29 is 0 Å². The van der Waals surface area contributed by atoms with Crippen LogP contribution in [-0.4, -0.2) is 15.0 Å². The first-order valence-corrected chi connectivity index (χ1v) is 21.8. The predicted molar refractivity (Wildman–Crippen MR) is 254 cm³/mol. The Morgan fingerprint density at radius 1 is 0.355 bits per heavy atom. The normalized spacial score (nSPS) is 16.0. The standard InChI is InChI=1S/C59H45N3/c1-57(2,3)41-27-30-46-47-31-28-42-35-52(47)59(51(46)34-41)49-25-13-12-22-44(49)45-29-26-40(33-50(45)59)55-60-54(39-21-14-20-38(32-39)36-16-8-6-9-17-36)61-56(62-55)48-24-15-23-43(53(48)58(42,4)5)37-18-10-7-11-19-37/h6-35H,1-5H3. The maximum atomic E-state index is 5.51. The van der Waals surface area contributed by atoms with Crippen LogP contribution in [0.3, 0.4) is 0 Å². The van der Waals surface area contributed by atoms with Gasteiger partial charge in [-0.05, 0) is 101 Å². The lowest BCUT2D eigenvalue weighted by atomic mass is 9.67. The van der Waals surface area contributed by atoms with Crippen molar-refractivity contribution >= 4 is 0 Å². The fourth-order valence-electron chi connectivity index (χ4n) is 10.8. The Bertz CT molecular complexity index is 3300. The van der Waals surface area contributed by atoms with Gasteiger partial charge in [-0.3, -0.25) is 0 Å². The lowest BCUT2D eigenvalue weighted by Gasteiger charge is -2.34. The van der Waals surface area contributed by atoms with Gasteiger partial charge in [0, 0.05) is 22.1 Å². The van der Waals surface area contributed by atoms with E-state index in [0.29, 0.717) is 17.5 Å². The first-order valence-electron chi connectivity index (χ1n) is 21.8. The highest BCUT2D eigenvalue weighted by molar-refractivity contribution is 5.96. The van der Waals surface area contributed by atoms with Crippen molar-refractivity contribution in [2.45, 2.75) is 50.9 Å². The third kappa shape index (κ3) is 5.21. The molecule has 1 unspecified atom stereocenters. The second-order valence-electron chi connectivity index (χ2n) is 18.8. The summed E-state index contributed by atoms with van der Waals surface area (Å²) < 4.78 is 0. The minimum absolute atomic E-state index is 0.0350. The van der Waals surface area contributed by atoms with Crippen molar-refractivity contribution in [3.63, 3.8) is 0 Å². The highest BCUT2D eigenvalue weighted by Gasteiger charge is 2.52. The van der Waals surface area contributed by atoms with Crippen molar-refractivity contribution in [1.29, 1.82) is 0 Å². The number of rotatable bonds is 3. The average molecular weight is 796 g/mol. The van der Waals surface area contributed by atoms with Gasteiger partial charge in [0.25, 0.3) is 0 Å². The number of aromatic nitrogens is 3. The molecule has 3 heteroatoms. The molecule has 1 atom stereocenters. The fraction of sp³-hybridized carbons (Fsp3) is 0.136. The molecule has 0 N–H and O–H groups in total. The van der Waals surface area contributed by atoms with Gasteiger partial charge in [0.2, 0.25) is 0 Å². The summed E-state index contributed by atoms with van der Waals surface area (Å²) in [5.74, 6) is 1.97. The highest BCUT2D eigenvalue weighted by atomic mass is 15.0. The monoisotopic (exact) mass is 795 g/mol. The van der Waals surface area contributed by atoms with Crippen LogP contribution in [0.15, 0.2) is 182 Å². The van der Waals surface area contributed by atoms with E-state index in [2.05, 4.69) is 217 Å². The number of fused-ring (bicyclic) bond motifs is 11. The molecule has 2 aliphatic carbocycles. The Hall–Kier alpha value is -7.23. The van der Waals surface area contributed by atoms with Crippen molar-refractivity contribution in [1.82, 2.24) is 15.0 Å². The number of benzene rings is 8. The van der Waals surface area contributed by atoms with Crippen molar-refractivity contribution in [2.75, 3.05) is 0 Å². The minimum atomic E-state index is -0.557. The zero-order valence-electron chi connectivity index (χ0n) is 35.7. The van der Waals surface area contributed by atoms with Crippen LogP contribution in [0, 0.1) is 0 Å². The SMILES string of the molecule is CC(C)(C)c1ccc2c(c1)C13c4ccccc4-c4ccc(cc41)-c1nc(-c4cccc(-c5ccccc5)c4)nc(n1)-c1cccc(-c4ccccc4)c1C(C)(C)c1ccc-2c3c1. The quantitative estimate of drug-likeness (QED) is 0.179. The topological polar surface area (TPSA) is 38.7 Å². The molecule has 296 valence electrons. The van der Waals surface area contributed by atoms with E-state index in [-0.39, 0.29) is 5.41 Å². The van der Waals surface area contributed by atoms with E-state index >= 15 is 0 Å². The summed E-state index contributed by atoms with van der Waals surface area (Å²) in [4.78, 5) is 16.3. The van der Waals surface area contributed by atoms with Crippen LogP contribution in [0.4, 0.5) is 0 Å². The maximum absolute atomic E-state index is 5.51. The van der Waals surface area contributed by atoms with Gasteiger partial charge in [-0.2, -0.15) is 0 Å². The van der Waals surface area contributed by atoms with Crippen LogP contribution >= 0.6 is 0 Å². The first kappa shape index (κ1) is 36.6. The lowest BCUT2D eigenvalue weighted by Crippen LogP contribution is -2.28. The van der Waals surface area contributed by atoms with Crippen LogP contribution in [0.25, 0.3) is 78.7 Å². The molecule has 0 amide bonds. The summed E-state index contributed by atoms with van der Waals surface area (Å²) in [6.45, 7) is 11.7. The molecule has 0 saturated heterocycles. The van der Waals surface area contributed by atoms with Crippen LogP contribution in [-0.2, 0) is 16.2 Å². The molecule has 62 heavy (non-hydrogen) atoms. The molecule has 12 rings (SSSR count). The molecule has 1 aromatic heterocycles. The molecule has 3 nitrogen and oxygen atoms in total. The van der Waals surface area contributed by atoms with Crippen molar-refractivity contribution in [2.24, 2.45) is 0 Å². The fourth-order valence-corrected chi connectivity index (χ4v) is 10.8. The zero-order chi connectivity index (χ0) is 42.0. The van der Waals surface area contributed by atoms with Gasteiger partial charge in [-0.25, -0.2) is 15.0 Å². The summed E-state index contributed by atoms with van der Waals surface area (Å²) in [5.41, 5.74) is 20.6. The number of nitrogens with zero attached hydrogens (tertiary/aromatic N) is 3. The molecule has 1 aliphatic heterocycles. The summed E-state index contributed by atoms with van der Waals surface area (Å²) in [6.07, 6.45) is 0. The molecule has 8 aromatic carbocycles. The zero-order valence-corrected chi connectivity index (χ0v) is 35.7. The van der Waals surface area contributed by atoms with E-state index in [1.54, 1.807) is 0 Å². The van der Waals surface area contributed by atoms with Crippen LogP contribution in [0.5, 0.6) is 0 Å². The summed E-state index contributed by atoms with van der Waals surface area (Å²) in [7, 11) is 0. The molecule has 0 fully saturated rings. The Morgan fingerprint density at radius 2 is 0.871 bits per heavy atom. The van der Waals surface area contributed by atoms with Crippen LogP contribution < -0.4 is 0 Å². The van der Waals surface area contributed by atoms with Gasteiger partial charge >= 0.3 is 0 Å². The van der Waals surface area contributed by atoms with Crippen molar-refractivity contribution in [3.05, 3.63) is 221 Å². The summed E-state index contributed by atoms with van der Waals surface area (Å²) >= 11 is 0. The van der Waals surface area contributed by atoms with E-state index in [1.165, 1.54) is 66.8 Å². The largest absolute Gasteiger partial charge is 0.208 e. The van der Waals surface area contributed by atoms with E-state index in [9.17, 15) is 0 Å². The first-order chi connectivity index (χ1) is 30.1. The van der Waals surface area contributed by atoms with Crippen molar-refractivity contribution in [3.8, 4) is 78.7 Å². The third-order valence-electron chi connectivity index (χ3n) is 13.9. The van der Waals surface area contributed by atoms with E-state index in [1.807, 2.05) is 0 Å². The molecule has 0 radical (unpaired) electrons. The number of hydrogen-bond acceptors (Lipinski definition) is 3. The molecular weight excluding hydrogens is 751 g/mol. The molecule has 0 saturated carbocycles. The molecular formula is C59H45N3. The van der Waals surface area contributed by atoms with Gasteiger partial charge in [0.1, 0.15) is 0 Å².